The molecule has 4 atom stereocenters. The molecule has 4 rings (SSSR count). The molecule has 132 valence electrons. The number of benzene rings is 1. The maximum absolute atomic E-state index is 13.1. The normalized spacial score (nSPS) is 33.2. The first-order valence-electron chi connectivity index (χ1n) is 8.98. The number of aryl methyl sites for hydroxylation is 1. The number of amides is 3. The van der Waals surface area contributed by atoms with Crippen molar-refractivity contribution in [3.8, 4) is 0 Å². The Morgan fingerprint density at radius 3 is 2.68 bits per heavy atom. The lowest BCUT2D eigenvalue weighted by atomic mass is 9.76. The van der Waals surface area contributed by atoms with E-state index in [9.17, 15) is 14.4 Å². The van der Waals surface area contributed by atoms with Gasteiger partial charge in [-0.2, -0.15) is 0 Å². The summed E-state index contributed by atoms with van der Waals surface area (Å²) in [5.41, 5.74) is 1.37. The van der Waals surface area contributed by atoms with Crippen LogP contribution in [0.1, 0.15) is 37.8 Å². The zero-order chi connectivity index (χ0) is 17.9. The number of fused-ring (bicyclic) bond motifs is 4. The Morgan fingerprint density at radius 1 is 1.20 bits per heavy atom. The van der Waals surface area contributed by atoms with Gasteiger partial charge in [-0.15, -0.1) is 0 Å². The molecule has 2 fully saturated rings. The number of imide groups is 1. The molecule has 25 heavy (non-hydrogen) atoms. The van der Waals surface area contributed by atoms with E-state index in [-0.39, 0.29) is 23.8 Å². The van der Waals surface area contributed by atoms with Crippen LogP contribution in [-0.2, 0) is 19.9 Å². The Bertz CT molecular complexity index is 790. The molecular formula is C19H23N3O3. The van der Waals surface area contributed by atoms with Crippen molar-refractivity contribution in [2.75, 3.05) is 11.9 Å². The third-order valence-electron chi connectivity index (χ3n) is 5.93. The van der Waals surface area contributed by atoms with Crippen LogP contribution in [0, 0.1) is 18.8 Å². The predicted octanol–water partition coefficient (Wildman–Crippen LogP) is 1.54. The van der Waals surface area contributed by atoms with Gasteiger partial charge in [-0.3, -0.25) is 24.6 Å². The van der Waals surface area contributed by atoms with Gasteiger partial charge in [-0.25, -0.2) is 0 Å². The van der Waals surface area contributed by atoms with E-state index in [2.05, 4.69) is 10.6 Å². The number of carbonyl (C=O) groups is 3. The minimum absolute atomic E-state index is 0.144. The molecule has 3 aliphatic rings. The van der Waals surface area contributed by atoms with E-state index in [1.807, 2.05) is 39.0 Å². The molecule has 6 nitrogen and oxygen atoms in total. The van der Waals surface area contributed by atoms with Crippen molar-refractivity contribution in [3.05, 3.63) is 29.3 Å². The quantitative estimate of drug-likeness (QED) is 0.818. The van der Waals surface area contributed by atoms with E-state index in [1.54, 1.807) is 0 Å². The van der Waals surface area contributed by atoms with Crippen LogP contribution in [0.15, 0.2) is 18.2 Å². The first-order chi connectivity index (χ1) is 11.9. The summed E-state index contributed by atoms with van der Waals surface area (Å²) in [5, 5.41) is 6.26. The van der Waals surface area contributed by atoms with Gasteiger partial charge in [0.1, 0.15) is 5.54 Å². The molecule has 3 amide bonds. The van der Waals surface area contributed by atoms with Gasteiger partial charge in [0.05, 0.1) is 11.8 Å². The minimum atomic E-state index is -1.14. The van der Waals surface area contributed by atoms with Gasteiger partial charge in [-0.1, -0.05) is 31.5 Å². The van der Waals surface area contributed by atoms with Crippen LogP contribution in [-0.4, -0.2) is 35.2 Å². The predicted molar refractivity (Wildman–Crippen MR) is 92.7 cm³/mol. The van der Waals surface area contributed by atoms with Gasteiger partial charge in [-0.05, 0) is 25.8 Å². The number of likely N-dealkylation sites (tertiary alicyclic amines) is 1. The van der Waals surface area contributed by atoms with Gasteiger partial charge in [0.25, 0.3) is 0 Å². The highest BCUT2D eigenvalue weighted by atomic mass is 16.2. The zero-order valence-corrected chi connectivity index (χ0v) is 14.8. The lowest BCUT2D eigenvalue weighted by Gasteiger charge is -2.29. The molecule has 2 N–H and O–H groups in total. The molecule has 0 aliphatic carbocycles. The Morgan fingerprint density at radius 2 is 1.96 bits per heavy atom. The summed E-state index contributed by atoms with van der Waals surface area (Å²) in [6.07, 6.45) is 1.70. The first kappa shape index (κ1) is 16.3. The third-order valence-corrected chi connectivity index (χ3v) is 5.93. The highest BCUT2D eigenvalue weighted by Crippen LogP contribution is 2.53. The number of unbranched alkanes of at least 4 members (excludes halogenated alkanes) is 1. The summed E-state index contributed by atoms with van der Waals surface area (Å²) in [6.45, 7) is 6.29. The highest BCUT2D eigenvalue weighted by molar-refractivity contribution is 6.15. The van der Waals surface area contributed by atoms with Crippen molar-refractivity contribution in [2.45, 2.75) is 45.2 Å². The number of hydrogen-bond acceptors (Lipinski definition) is 4. The SMILES string of the molecule is CCCCN1C(=O)C2C(C)NC3(C(=O)Nc4c(C)cccc43)C2C1=O. The van der Waals surface area contributed by atoms with Crippen molar-refractivity contribution in [1.82, 2.24) is 10.2 Å². The summed E-state index contributed by atoms with van der Waals surface area (Å²) in [7, 11) is 0. The highest BCUT2D eigenvalue weighted by Gasteiger charge is 2.69. The molecule has 1 spiro atoms. The van der Waals surface area contributed by atoms with Gasteiger partial charge in [0.15, 0.2) is 0 Å². The van der Waals surface area contributed by atoms with Crippen LogP contribution in [0.25, 0.3) is 0 Å². The molecular weight excluding hydrogens is 318 g/mol. The molecule has 1 aromatic rings. The van der Waals surface area contributed by atoms with E-state index >= 15 is 0 Å². The summed E-state index contributed by atoms with van der Waals surface area (Å²) in [4.78, 5) is 40.4. The summed E-state index contributed by atoms with van der Waals surface area (Å²) in [5.74, 6) is -1.75. The number of para-hydroxylation sites is 1. The van der Waals surface area contributed by atoms with Crippen molar-refractivity contribution in [3.63, 3.8) is 0 Å². The van der Waals surface area contributed by atoms with E-state index in [0.29, 0.717) is 6.54 Å². The first-order valence-corrected chi connectivity index (χ1v) is 8.98. The number of carbonyl (C=O) groups excluding carboxylic acids is 3. The molecule has 4 unspecified atom stereocenters. The van der Waals surface area contributed by atoms with Crippen LogP contribution < -0.4 is 10.6 Å². The molecule has 0 saturated carbocycles. The van der Waals surface area contributed by atoms with Crippen molar-refractivity contribution in [1.29, 1.82) is 0 Å². The van der Waals surface area contributed by atoms with E-state index < -0.39 is 17.4 Å². The molecule has 3 heterocycles. The fraction of sp³-hybridized carbons (Fsp3) is 0.526. The number of nitrogens with one attached hydrogen (secondary N) is 2. The van der Waals surface area contributed by atoms with Crippen LogP contribution in [0.2, 0.25) is 0 Å². The maximum atomic E-state index is 13.1. The topological polar surface area (TPSA) is 78.5 Å². The van der Waals surface area contributed by atoms with Crippen molar-refractivity contribution >= 4 is 23.4 Å². The monoisotopic (exact) mass is 341 g/mol. The lowest BCUT2D eigenvalue weighted by molar-refractivity contribution is -0.142. The average molecular weight is 341 g/mol. The van der Waals surface area contributed by atoms with Crippen molar-refractivity contribution in [2.24, 2.45) is 11.8 Å². The maximum Gasteiger partial charge on any atom is 0.250 e. The number of nitrogens with zero attached hydrogens (tertiary/aromatic N) is 1. The van der Waals surface area contributed by atoms with Crippen LogP contribution in [0.5, 0.6) is 0 Å². The minimum Gasteiger partial charge on any atom is -0.324 e. The Labute approximate surface area is 147 Å². The fourth-order valence-corrected chi connectivity index (χ4v) is 4.73. The van der Waals surface area contributed by atoms with Gasteiger partial charge >= 0.3 is 0 Å². The molecule has 0 aromatic heterocycles. The van der Waals surface area contributed by atoms with Crippen LogP contribution >= 0.6 is 0 Å². The van der Waals surface area contributed by atoms with Gasteiger partial charge in [0.2, 0.25) is 17.7 Å². The Hall–Kier alpha value is -2.21. The average Bonchev–Trinajstić information content (AvgIpc) is 3.13. The molecule has 3 aliphatic heterocycles. The number of rotatable bonds is 3. The Kier molecular flexibility index (Phi) is 3.51. The van der Waals surface area contributed by atoms with E-state index in [1.165, 1.54) is 4.90 Å². The molecule has 0 bridgehead atoms. The van der Waals surface area contributed by atoms with Crippen LogP contribution in [0.4, 0.5) is 5.69 Å². The fourth-order valence-electron chi connectivity index (χ4n) is 4.73. The lowest BCUT2D eigenvalue weighted by Crippen LogP contribution is -2.52. The second-order valence-electron chi connectivity index (χ2n) is 7.38. The standard InChI is InChI=1S/C19H23N3O3/c1-4-5-9-22-16(23)13-11(3)21-19(14(13)17(22)24)12-8-6-7-10(2)15(12)20-18(19)25/h6-8,11,13-14,21H,4-5,9H2,1-3H3,(H,20,25). The number of hydrogen-bond donors (Lipinski definition) is 2. The van der Waals surface area contributed by atoms with Crippen molar-refractivity contribution < 1.29 is 14.4 Å². The number of anilines is 1. The van der Waals surface area contributed by atoms with E-state index in [0.717, 1.165) is 29.7 Å². The molecule has 6 heteroatoms. The zero-order valence-electron chi connectivity index (χ0n) is 14.8. The summed E-state index contributed by atoms with van der Waals surface area (Å²) < 4.78 is 0. The molecule has 1 aromatic carbocycles. The molecule has 2 saturated heterocycles. The largest absolute Gasteiger partial charge is 0.324 e. The second kappa shape index (κ2) is 5.39. The Balaban J connectivity index is 1.84. The smallest absolute Gasteiger partial charge is 0.250 e. The van der Waals surface area contributed by atoms with Gasteiger partial charge in [0, 0.05) is 23.8 Å². The van der Waals surface area contributed by atoms with Crippen LogP contribution in [0.3, 0.4) is 0 Å². The molecule has 0 radical (unpaired) electrons. The van der Waals surface area contributed by atoms with E-state index in [4.69, 9.17) is 0 Å². The van der Waals surface area contributed by atoms with Gasteiger partial charge < -0.3 is 5.32 Å². The second-order valence-corrected chi connectivity index (χ2v) is 7.38. The summed E-state index contributed by atoms with van der Waals surface area (Å²) in [6, 6.07) is 5.48. The third kappa shape index (κ3) is 1.91. The summed E-state index contributed by atoms with van der Waals surface area (Å²) >= 11 is 0.